The number of carbonyl (C=O) groups is 2. The lowest BCUT2D eigenvalue weighted by molar-refractivity contribution is -0.157. The van der Waals surface area contributed by atoms with Crippen molar-refractivity contribution in [1.29, 1.82) is 0 Å². The van der Waals surface area contributed by atoms with Crippen molar-refractivity contribution in [2.24, 2.45) is 0 Å². The summed E-state index contributed by atoms with van der Waals surface area (Å²) in [7, 11) is 0. The molecule has 1 rings (SSSR count). The Labute approximate surface area is 128 Å². The maximum absolute atomic E-state index is 13.0. The number of carboxylic acid groups (broad SMARTS) is 1. The van der Waals surface area contributed by atoms with Gasteiger partial charge in [-0.1, -0.05) is 12.1 Å². The number of urea groups is 1. The molecule has 6 nitrogen and oxygen atoms in total. The van der Waals surface area contributed by atoms with Crippen molar-refractivity contribution in [3.05, 3.63) is 35.6 Å². The predicted molar refractivity (Wildman–Crippen MR) is 70.0 cm³/mol. The van der Waals surface area contributed by atoms with Gasteiger partial charge in [-0.25, -0.2) is 14.0 Å². The minimum atomic E-state index is -4.86. The molecule has 0 aliphatic carbocycles. The van der Waals surface area contributed by atoms with Crippen LogP contribution in [0.5, 0.6) is 0 Å². The van der Waals surface area contributed by atoms with Crippen molar-refractivity contribution in [2.45, 2.75) is 24.7 Å². The number of carboxylic acids is 1. The van der Waals surface area contributed by atoms with Crippen LogP contribution in [0, 0.1) is 5.82 Å². The van der Waals surface area contributed by atoms with E-state index in [1.807, 2.05) is 5.32 Å². The molecule has 2 atom stereocenters. The SMILES string of the molecule is CC(O)(CNC(=O)N[C@@H](c1ccc(F)cc1)C(F)(F)F)C(=O)O. The lowest BCUT2D eigenvalue weighted by atomic mass is 10.1. The smallest absolute Gasteiger partial charge is 0.412 e. The summed E-state index contributed by atoms with van der Waals surface area (Å²) in [6.07, 6.45) is -4.86. The van der Waals surface area contributed by atoms with Crippen molar-refractivity contribution in [3.8, 4) is 0 Å². The van der Waals surface area contributed by atoms with Crippen LogP contribution in [-0.2, 0) is 4.79 Å². The van der Waals surface area contributed by atoms with Crippen molar-refractivity contribution >= 4 is 12.0 Å². The number of halogens is 4. The highest BCUT2D eigenvalue weighted by atomic mass is 19.4. The second kappa shape index (κ2) is 6.82. The normalized spacial score (nSPS) is 15.4. The van der Waals surface area contributed by atoms with Crippen LogP contribution in [0.1, 0.15) is 18.5 Å². The first-order valence-electron chi connectivity index (χ1n) is 6.26. The number of hydrogen-bond donors (Lipinski definition) is 4. The fourth-order valence-electron chi connectivity index (χ4n) is 1.52. The first kappa shape index (κ1) is 18.7. The van der Waals surface area contributed by atoms with Gasteiger partial charge >= 0.3 is 18.2 Å². The lowest BCUT2D eigenvalue weighted by Crippen LogP contribution is -2.51. The number of aliphatic hydroxyl groups is 1. The minimum Gasteiger partial charge on any atom is -0.479 e. The molecule has 0 fully saturated rings. The van der Waals surface area contributed by atoms with Crippen LogP contribution in [0.15, 0.2) is 24.3 Å². The van der Waals surface area contributed by atoms with E-state index in [2.05, 4.69) is 0 Å². The number of amides is 2. The van der Waals surface area contributed by atoms with E-state index in [0.29, 0.717) is 0 Å². The van der Waals surface area contributed by atoms with Crippen LogP contribution in [0.25, 0.3) is 0 Å². The molecule has 0 aromatic heterocycles. The Morgan fingerprint density at radius 1 is 1.22 bits per heavy atom. The van der Waals surface area contributed by atoms with E-state index in [4.69, 9.17) is 5.11 Å². The Morgan fingerprint density at radius 3 is 2.17 bits per heavy atom. The molecule has 23 heavy (non-hydrogen) atoms. The summed E-state index contributed by atoms with van der Waals surface area (Å²) in [5.74, 6) is -2.39. The molecule has 0 saturated heterocycles. The number of alkyl halides is 3. The van der Waals surface area contributed by atoms with Gasteiger partial charge in [-0.3, -0.25) is 0 Å². The molecule has 0 radical (unpaired) electrons. The summed E-state index contributed by atoms with van der Waals surface area (Å²) in [4.78, 5) is 22.1. The third-order valence-electron chi connectivity index (χ3n) is 2.86. The Morgan fingerprint density at radius 2 is 1.74 bits per heavy atom. The zero-order valence-electron chi connectivity index (χ0n) is 11.8. The van der Waals surface area contributed by atoms with Gasteiger partial charge in [0.1, 0.15) is 5.82 Å². The van der Waals surface area contributed by atoms with Gasteiger partial charge in [-0.15, -0.1) is 0 Å². The van der Waals surface area contributed by atoms with Gasteiger partial charge in [-0.2, -0.15) is 13.2 Å². The first-order chi connectivity index (χ1) is 10.4. The van der Waals surface area contributed by atoms with E-state index in [9.17, 15) is 32.3 Å². The first-order valence-corrected chi connectivity index (χ1v) is 6.26. The Bertz CT molecular complexity index is 572. The number of benzene rings is 1. The largest absolute Gasteiger partial charge is 0.479 e. The highest BCUT2D eigenvalue weighted by Crippen LogP contribution is 2.32. The Kier molecular flexibility index (Phi) is 5.54. The number of hydrogen-bond acceptors (Lipinski definition) is 3. The van der Waals surface area contributed by atoms with Crippen molar-refractivity contribution in [3.63, 3.8) is 0 Å². The molecular formula is C13H14F4N2O4. The van der Waals surface area contributed by atoms with E-state index in [-0.39, 0.29) is 0 Å². The van der Waals surface area contributed by atoms with Gasteiger partial charge in [0, 0.05) is 0 Å². The van der Waals surface area contributed by atoms with Crippen molar-refractivity contribution < 1.29 is 37.4 Å². The van der Waals surface area contributed by atoms with Gasteiger partial charge in [0.05, 0.1) is 6.54 Å². The molecule has 0 heterocycles. The second-order valence-electron chi connectivity index (χ2n) is 4.93. The van der Waals surface area contributed by atoms with Crippen LogP contribution in [0.3, 0.4) is 0 Å². The maximum atomic E-state index is 13.0. The minimum absolute atomic E-state index is 0.404. The summed E-state index contributed by atoms with van der Waals surface area (Å²) in [5, 5.41) is 21.4. The fourth-order valence-corrected chi connectivity index (χ4v) is 1.52. The molecule has 2 amide bonds. The standard InChI is InChI=1S/C13H14F4N2O4/c1-12(23,10(20)21)6-18-11(22)19-9(13(15,16)17)7-2-4-8(14)5-3-7/h2-5,9,23H,6H2,1H3,(H,20,21)(H2,18,19,22)/t9-,12?/m0/s1. The van der Waals surface area contributed by atoms with Gasteiger partial charge < -0.3 is 20.8 Å². The Balaban J connectivity index is 2.81. The van der Waals surface area contributed by atoms with E-state index in [0.717, 1.165) is 31.2 Å². The highest BCUT2D eigenvalue weighted by Gasteiger charge is 2.42. The monoisotopic (exact) mass is 338 g/mol. The molecule has 1 unspecified atom stereocenters. The fraction of sp³-hybridized carbons (Fsp3) is 0.385. The summed E-state index contributed by atoms with van der Waals surface area (Å²) in [5.41, 5.74) is -2.74. The van der Waals surface area contributed by atoms with Crippen LogP contribution in [0.2, 0.25) is 0 Å². The topological polar surface area (TPSA) is 98.7 Å². The highest BCUT2D eigenvalue weighted by molar-refractivity contribution is 5.79. The summed E-state index contributed by atoms with van der Waals surface area (Å²) < 4.78 is 51.7. The third-order valence-corrected chi connectivity index (χ3v) is 2.86. The van der Waals surface area contributed by atoms with Crippen LogP contribution in [0.4, 0.5) is 22.4 Å². The van der Waals surface area contributed by atoms with Gasteiger partial charge in [0.2, 0.25) is 0 Å². The number of nitrogens with one attached hydrogen (secondary N) is 2. The molecule has 0 bridgehead atoms. The molecule has 1 aromatic carbocycles. The molecule has 1 aromatic rings. The average molecular weight is 338 g/mol. The molecule has 10 heteroatoms. The molecule has 4 N–H and O–H groups in total. The van der Waals surface area contributed by atoms with Crippen molar-refractivity contribution in [1.82, 2.24) is 10.6 Å². The number of carbonyl (C=O) groups excluding carboxylic acids is 1. The summed E-state index contributed by atoms with van der Waals surface area (Å²) in [6, 6.07) is -0.412. The van der Waals surface area contributed by atoms with Crippen molar-refractivity contribution in [2.75, 3.05) is 6.54 Å². The van der Waals surface area contributed by atoms with Crippen LogP contribution >= 0.6 is 0 Å². The van der Waals surface area contributed by atoms with Gasteiger partial charge in [0.25, 0.3) is 0 Å². The molecule has 0 spiro atoms. The predicted octanol–water partition coefficient (Wildman–Crippen LogP) is 1.56. The van der Waals surface area contributed by atoms with Crippen LogP contribution < -0.4 is 10.6 Å². The summed E-state index contributed by atoms with van der Waals surface area (Å²) >= 11 is 0. The van der Waals surface area contributed by atoms with Gasteiger partial charge in [0.15, 0.2) is 11.6 Å². The zero-order chi connectivity index (χ0) is 17.8. The maximum Gasteiger partial charge on any atom is 0.412 e. The van der Waals surface area contributed by atoms with E-state index in [1.54, 1.807) is 5.32 Å². The third kappa shape index (κ3) is 5.40. The van der Waals surface area contributed by atoms with Crippen LogP contribution in [-0.4, -0.2) is 40.5 Å². The van der Waals surface area contributed by atoms with Gasteiger partial charge in [-0.05, 0) is 24.6 Å². The van der Waals surface area contributed by atoms with E-state index >= 15 is 0 Å². The molecular weight excluding hydrogens is 324 g/mol. The second-order valence-corrected chi connectivity index (χ2v) is 4.93. The number of rotatable bonds is 5. The summed E-state index contributed by atoms with van der Waals surface area (Å²) in [6.45, 7) is 0.0684. The number of aliphatic carboxylic acids is 1. The molecule has 0 aliphatic rings. The lowest BCUT2D eigenvalue weighted by Gasteiger charge is -2.24. The quantitative estimate of drug-likeness (QED) is 0.613. The molecule has 0 aliphatic heterocycles. The Hall–Kier alpha value is -2.36. The molecule has 0 saturated carbocycles. The van der Waals surface area contributed by atoms with E-state index in [1.165, 1.54) is 0 Å². The van der Waals surface area contributed by atoms with E-state index < -0.39 is 47.7 Å². The molecule has 128 valence electrons. The zero-order valence-corrected chi connectivity index (χ0v) is 11.8. The average Bonchev–Trinajstić information content (AvgIpc) is 2.42.